The zero-order valence-electron chi connectivity index (χ0n) is 33.6. The van der Waals surface area contributed by atoms with Crippen molar-refractivity contribution in [2.24, 2.45) is 0 Å². The monoisotopic (exact) mass is 790 g/mol. The molecule has 0 bridgehead atoms. The zero-order valence-corrected chi connectivity index (χ0v) is 34.5. The van der Waals surface area contributed by atoms with E-state index in [4.69, 9.17) is 19.1 Å². The summed E-state index contributed by atoms with van der Waals surface area (Å²) in [4.78, 5) is 34.9. The van der Waals surface area contributed by atoms with Crippen LogP contribution in [0.15, 0.2) is 97.2 Å². The molecule has 0 fully saturated rings. The van der Waals surface area contributed by atoms with Crippen molar-refractivity contribution < 1.29 is 47.8 Å². The molecule has 0 aliphatic heterocycles. The van der Waals surface area contributed by atoms with Crippen LogP contribution in [0.5, 0.6) is 0 Å². The number of esters is 2. The first-order valence-corrected chi connectivity index (χ1v) is 21.7. The van der Waals surface area contributed by atoms with Gasteiger partial charge < -0.3 is 24.6 Å². The molecular formula is C44H71O10P. The number of carbonyl (C=O) groups excluding carboxylic acids is 2. The van der Waals surface area contributed by atoms with Gasteiger partial charge in [0.05, 0.1) is 19.8 Å². The third-order valence-corrected chi connectivity index (χ3v) is 8.68. The quantitative estimate of drug-likeness (QED) is 0.0242. The second kappa shape index (κ2) is 39.1. The van der Waals surface area contributed by atoms with Crippen LogP contribution < -0.4 is 0 Å². The Bertz CT molecular complexity index is 1230. The highest BCUT2D eigenvalue weighted by Gasteiger charge is 2.27. The fraction of sp³-hybridized carbons (Fsp3) is 0.591. The van der Waals surface area contributed by atoms with Gasteiger partial charge in [0.1, 0.15) is 12.7 Å². The predicted octanol–water partition coefficient (Wildman–Crippen LogP) is 10.4. The van der Waals surface area contributed by atoms with Gasteiger partial charge in [-0.1, -0.05) is 130 Å². The van der Waals surface area contributed by atoms with E-state index in [1.807, 2.05) is 12.2 Å². The highest BCUT2D eigenvalue weighted by Crippen LogP contribution is 2.43. The van der Waals surface area contributed by atoms with Crippen LogP contribution in [-0.2, 0) is 32.7 Å². The second-order valence-corrected chi connectivity index (χ2v) is 14.3. The van der Waals surface area contributed by atoms with E-state index in [1.54, 1.807) is 0 Å². The fourth-order valence-electron chi connectivity index (χ4n) is 4.69. The lowest BCUT2D eigenvalue weighted by Gasteiger charge is -2.20. The molecule has 11 heteroatoms. The van der Waals surface area contributed by atoms with Crippen molar-refractivity contribution in [3.8, 4) is 0 Å². The molecule has 0 aromatic rings. The number of hydrogen-bond donors (Lipinski definition) is 3. The van der Waals surface area contributed by atoms with Crippen molar-refractivity contribution in [1.82, 2.24) is 0 Å². The lowest BCUT2D eigenvalue weighted by Crippen LogP contribution is -2.29. The topological polar surface area (TPSA) is 149 Å². The molecule has 0 aliphatic carbocycles. The summed E-state index contributed by atoms with van der Waals surface area (Å²) in [5.74, 6) is -1.03. The largest absolute Gasteiger partial charge is 0.472 e. The number of unbranched alkanes of at least 4 members (excludes halogenated alkanes) is 6. The summed E-state index contributed by atoms with van der Waals surface area (Å²) >= 11 is 0. The lowest BCUT2D eigenvalue weighted by atomic mass is 10.1. The first kappa shape index (κ1) is 51.9. The smallest absolute Gasteiger partial charge is 0.462 e. The van der Waals surface area contributed by atoms with Crippen LogP contribution >= 0.6 is 7.82 Å². The SMILES string of the molecule is CC/C=C\C/C=C\C/C=C\C/C=C\C/C=C\CCCC(=O)OC[C@H](COP(=O)(O)OC[C@@H](O)CO)OC(=O)CCCCCCC/C=C\C/C=C\C/C=C\CC. The van der Waals surface area contributed by atoms with Crippen molar-refractivity contribution in [2.45, 2.75) is 142 Å². The molecule has 0 aliphatic rings. The highest BCUT2D eigenvalue weighted by atomic mass is 31.2. The molecule has 0 rings (SSSR count). The van der Waals surface area contributed by atoms with Crippen LogP contribution in [0.2, 0.25) is 0 Å². The molecular weight excluding hydrogens is 719 g/mol. The number of aliphatic hydroxyl groups is 2. The minimum absolute atomic E-state index is 0.146. The number of rotatable bonds is 36. The number of phosphoric ester groups is 1. The Morgan fingerprint density at radius 1 is 0.545 bits per heavy atom. The van der Waals surface area contributed by atoms with Crippen LogP contribution in [0.4, 0.5) is 0 Å². The van der Waals surface area contributed by atoms with E-state index in [-0.39, 0.29) is 19.4 Å². The molecule has 0 aromatic heterocycles. The molecule has 0 spiro atoms. The molecule has 10 nitrogen and oxygen atoms in total. The second-order valence-electron chi connectivity index (χ2n) is 12.9. The molecule has 0 radical (unpaired) electrons. The molecule has 0 aromatic carbocycles. The Balaban J connectivity index is 4.48. The first-order valence-electron chi connectivity index (χ1n) is 20.2. The summed E-state index contributed by atoms with van der Waals surface area (Å²) < 4.78 is 32.6. The molecule has 312 valence electrons. The van der Waals surface area contributed by atoms with Gasteiger partial charge in [-0.25, -0.2) is 4.57 Å². The van der Waals surface area contributed by atoms with Gasteiger partial charge >= 0.3 is 19.8 Å². The van der Waals surface area contributed by atoms with Crippen LogP contribution in [-0.4, -0.2) is 65.7 Å². The summed E-state index contributed by atoms with van der Waals surface area (Å²) in [6.45, 7) is 2.03. The number of allylic oxidation sites excluding steroid dienone is 16. The van der Waals surface area contributed by atoms with Crippen LogP contribution in [0.3, 0.4) is 0 Å². The van der Waals surface area contributed by atoms with Crippen LogP contribution in [0.25, 0.3) is 0 Å². The first-order chi connectivity index (χ1) is 26.7. The number of carbonyl (C=O) groups is 2. The average molecular weight is 791 g/mol. The third kappa shape index (κ3) is 38.9. The summed E-state index contributed by atoms with van der Waals surface area (Å²) in [7, 11) is -4.64. The van der Waals surface area contributed by atoms with E-state index >= 15 is 0 Å². The van der Waals surface area contributed by atoms with Gasteiger partial charge in [-0.15, -0.1) is 0 Å². The molecule has 3 atom stereocenters. The Kier molecular flexibility index (Phi) is 36.9. The Hall–Kier alpha value is -3.11. The van der Waals surface area contributed by atoms with Gasteiger partial charge in [-0.2, -0.15) is 0 Å². The average Bonchev–Trinajstić information content (AvgIpc) is 3.17. The standard InChI is InChI=1S/C44H71O10P/c1-3-5-7-9-11-13-15-17-19-20-22-23-25-27-29-31-33-35-43(47)51-39-42(40-53-55(49,50)52-38-41(46)37-45)54-44(48)36-34-32-30-28-26-24-21-18-16-14-12-10-8-6-4-2/h5-8,11-14,17-19,21-23,27,29,41-42,45-46H,3-4,9-10,15-16,20,24-26,28,30-40H2,1-2H3,(H,49,50)/b7-5-,8-6-,13-11-,14-12-,19-17-,21-18-,23-22-,29-27-/t41-,42+/m0/s1. The Morgan fingerprint density at radius 3 is 1.47 bits per heavy atom. The minimum atomic E-state index is -4.64. The maximum Gasteiger partial charge on any atom is 0.472 e. The number of hydrogen-bond acceptors (Lipinski definition) is 9. The van der Waals surface area contributed by atoms with Crippen LogP contribution in [0, 0.1) is 0 Å². The maximum absolute atomic E-state index is 12.6. The van der Waals surface area contributed by atoms with E-state index < -0.39 is 51.8 Å². The van der Waals surface area contributed by atoms with Crippen molar-refractivity contribution in [1.29, 1.82) is 0 Å². The number of aliphatic hydroxyl groups excluding tert-OH is 2. The molecule has 55 heavy (non-hydrogen) atoms. The molecule has 0 heterocycles. The molecule has 1 unspecified atom stereocenters. The minimum Gasteiger partial charge on any atom is -0.462 e. The Labute approximate surface area is 332 Å². The molecule has 3 N–H and O–H groups in total. The van der Waals surface area contributed by atoms with Gasteiger partial charge in [-0.3, -0.25) is 18.6 Å². The highest BCUT2D eigenvalue weighted by molar-refractivity contribution is 7.47. The zero-order chi connectivity index (χ0) is 40.5. The summed E-state index contributed by atoms with van der Waals surface area (Å²) in [5, 5.41) is 18.3. The molecule has 0 saturated carbocycles. The van der Waals surface area contributed by atoms with E-state index in [0.29, 0.717) is 19.3 Å². The van der Waals surface area contributed by atoms with E-state index in [0.717, 1.165) is 83.5 Å². The third-order valence-electron chi connectivity index (χ3n) is 7.73. The summed E-state index contributed by atoms with van der Waals surface area (Å²) in [6.07, 6.45) is 46.7. The predicted molar refractivity (Wildman–Crippen MR) is 223 cm³/mol. The molecule has 0 amide bonds. The van der Waals surface area contributed by atoms with E-state index in [2.05, 4.69) is 103 Å². The van der Waals surface area contributed by atoms with E-state index in [9.17, 15) is 24.2 Å². The lowest BCUT2D eigenvalue weighted by molar-refractivity contribution is -0.161. The molecule has 0 saturated heterocycles. The van der Waals surface area contributed by atoms with Crippen molar-refractivity contribution >= 4 is 19.8 Å². The van der Waals surface area contributed by atoms with Gasteiger partial charge in [0.25, 0.3) is 0 Å². The number of ether oxygens (including phenoxy) is 2. The van der Waals surface area contributed by atoms with Gasteiger partial charge in [0, 0.05) is 12.8 Å². The maximum atomic E-state index is 12.6. The normalized spacial score (nSPS) is 14.9. The van der Waals surface area contributed by atoms with Gasteiger partial charge in [-0.05, 0) is 83.5 Å². The Morgan fingerprint density at radius 2 is 0.964 bits per heavy atom. The van der Waals surface area contributed by atoms with Crippen LogP contribution in [0.1, 0.15) is 129 Å². The summed E-state index contributed by atoms with van der Waals surface area (Å²) in [5.41, 5.74) is 0. The van der Waals surface area contributed by atoms with Gasteiger partial charge in [0.15, 0.2) is 6.10 Å². The van der Waals surface area contributed by atoms with Gasteiger partial charge in [0.2, 0.25) is 0 Å². The van der Waals surface area contributed by atoms with Crippen molar-refractivity contribution in [2.75, 3.05) is 26.4 Å². The summed E-state index contributed by atoms with van der Waals surface area (Å²) in [6, 6.07) is 0. The van der Waals surface area contributed by atoms with Crippen molar-refractivity contribution in [3.63, 3.8) is 0 Å². The van der Waals surface area contributed by atoms with E-state index in [1.165, 1.54) is 0 Å². The van der Waals surface area contributed by atoms with Crippen molar-refractivity contribution in [3.05, 3.63) is 97.2 Å². The fourth-order valence-corrected chi connectivity index (χ4v) is 5.48. The number of phosphoric acid groups is 1.